The zero-order valence-electron chi connectivity index (χ0n) is 56.0. The Kier molecular flexibility index (Phi) is 20.4. The molecule has 2 atom stereocenters. The molecule has 4 N–H and O–H groups in total. The summed E-state index contributed by atoms with van der Waals surface area (Å²) < 4.78 is 14.3. The quantitative estimate of drug-likeness (QED) is 0.0848. The van der Waals surface area contributed by atoms with E-state index in [1.54, 1.807) is 0 Å². The summed E-state index contributed by atoms with van der Waals surface area (Å²) in [7, 11) is 23.3. The van der Waals surface area contributed by atoms with Gasteiger partial charge in [0.15, 0.2) is 11.2 Å². The van der Waals surface area contributed by atoms with E-state index in [0.717, 1.165) is 112 Å². The van der Waals surface area contributed by atoms with E-state index >= 15 is 9.59 Å². The number of carbonyl (C=O) groups excluding carboxylic acids is 2. The maximum Gasteiger partial charge on any atom is 0.340 e. The van der Waals surface area contributed by atoms with E-state index in [9.17, 15) is 0 Å². The van der Waals surface area contributed by atoms with Gasteiger partial charge < -0.3 is 45.4 Å². The first-order chi connectivity index (χ1) is 44.2. The molecule has 2 unspecified atom stereocenters. The van der Waals surface area contributed by atoms with Crippen molar-refractivity contribution >= 4 is 62.7 Å². The molecule has 0 aliphatic carbocycles. The number of esters is 2. The molecule has 9 aromatic rings. The number of nitrogens with two attached hydrogens (primary N) is 2. The van der Waals surface area contributed by atoms with E-state index in [1.807, 2.05) is 82.6 Å². The molecule has 0 bridgehead atoms. The van der Waals surface area contributed by atoms with Crippen molar-refractivity contribution in [2.45, 2.75) is 32.0 Å². The average Bonchev–Trinajstić information content (AvgIpc) is 1.54. The summed E-state index contributed by atoms with van der Waals surface area (Å²) in [5, 5.41) is 0. The van der Waals surface area contributed by atoms with E-state index in [1.165, 1.54) is 14.1 Å². The second-order valence-electron chi connectivity index (χ2n) is 24.3. The molecule has 2 heterocycles. The SMILES string of the molecule is CN.CN.Cc1ccc(C(=CC2(C=C(c3ccc(N(C)C)cc3)c3ccc(N(C)C)cc3)OC(=O)c3cc4c(cc32)C(=O)OC4(C=C(c2ccc(N(C)C)cc2)c2ccc(N(C)C)cc2)/C=C(/c2ccc(C)cc2)c2ccc(N(C)C)cc2)c2ccc(C)cc2)cc1. The number of hydrogen-bond donors (Lipinski definition) is 2. The lowest BCUT2D eigenvalue weighted by Gasteiger charge is -2.28. The Morgan fingerprint density at radius 1 is 0.293 bits per heavy atom. The maximum atomic E-state index is 15.8. The van der Waals surface area contributed by atoms with E-state index in [0.29, 0.717) is 22.3 Å². The predicted molar refractivity (Wildman–Crippen MR) is 387 cm³/mol. The fourth-order valence-electron chi connectivity index (χ4n) is 11.7. The highest BCUT2D eigenvalue weighted by molar-refractivity contribution is 6.04. The highest BCUT2D eigenvalue weighted by Gasteiger charge is 2.50. The van der Waals surface area contributed by atoms with Crippen molar-refractivity contribution in [2.24, 2.45) is 11.5 Å². The Balaban J connectivity index is 0.00000245. The van der Waals surface area contributed by atoms with Crippen LogP contribution in [-0.2, 0) is 20.7 Å². The Hall–Kier alpha value is -10.2. The van der Waals surface area contributed by atoms with Crippen LogP contribution in [0.1, 0.15) is 93.0 Å². The first-order valence-corrected chi connectivity index (χ1v) is 31.0. The Bertz CT molecular complexity index is 4030. The van der Waals surface area contributed by atoms with Gasteiger partial charge in [-0.25, -0.2) is 9.59 Å². The standard InChI is InChI=1S/C79H77N5O4.2CH5N/c1-52-14-20-55(21-15-52)70(56-22-16-53(2)17-23-56)48-78(50-72(59-28-38-64(39-29-59)81(6)7)60-30-40-65(41-31-60)82(8)9)74-46-69-75(47-68(74)76(85)87-78)79(88-77(69)86,49-71(57-24-18-54(3)19-25-57)58-26-36-63(37-27-58)80(4)5)51-73(61-32-42-66(43-33-61)83(10)11)62-34-44-67(45-35-62)84(12)13;2*1-2/h14-51H,1-13H3;2*2H2,1H3/b71-49-;;. The Labute approximate surface area is 545 Å². The molecule has 0 amide bonds. The van der Waals surface area contributed by atoms with Gasteiger partial charge in [0.1, 0.15) is 0 Å². The lowest BCUT2D eigenvalue weighted by molar-refractivity contribution is 0.0295. The molecule has 0 saturated heterocycles. The number of nitrogens with zero attached hydrogens (tertiary/aromatic N) is 5. The second-order valence-corrected chi connectivity index (χ2v) is 24.3. The second kappa shape index (κ2) is 28.3. The molecule has 2 aliphatic rings. The molecule has 0 saturated carbocycles. The predicted octanol–water partition coefficient (Wildman–Crippen LogP) is 15.4. The van der Waals surface area contributed by atoms with Crippen molar-refractivity contribution in [1.82, 2.24) is 0 Å². The fraction of sp³-hybridized carbons (Fsp3) is 0.210. The number of hydrogen-bond acceptors (Lipinski definition) is 11. The van der Waals surface area contributed by atoms with Gasteiger partial charge in [0.25, 0.3) is 0 Å². The van der Waals surface area contributed by atoms with Crippen LogP contribution < -0.4 is 36.0 Å². The molecule has 2 aliphatic heterocycles. The van der Waals surface area contributed by atoms with E-state index in [-0.39, 0.29) is 0 Å². The zero-order chi connectivity index (χ0) is 66.2. The van der Waals surface area contributed by atoms with Gasteiger partial charge in [0.2, 0.25) is 0 Å². The van der Waals surface area contributed by atoms with Crippen molar-refractivity contribution in [3.8, 4) is 0 Å². The molecular weight excluding hydrogens is 1130 g/mol. The third-order valence-electron chi connectivity index (χ3n) is 17.0. The number of rotatable bonds is 17. The Morgan fingerprint density at radius 3 is 0.620 bits per heavy atom. The summed E-state index contributed by atoms with van der Waals surface area (Å²) in [6.45, 7) is 6.23. The number of cyclic esters (lactones) is 2. The van der Waals surface area contributed by atoms with Crippen LogP contribution in [0, 0.1) is 20.8 Å². The number of benzene rings is 9. The molecule has 0 radical (unpaired) electrons. The van der Waals surface area contributed by atoms with E-state index in [4.69, 9.17) is 9.47 Å². The maximum absolute atomic E-state index is 15.8. The van der Waals surface area contributed by atoms with Crippen LogP contribution in [0.25, 0.3) is 22.3 Å². The number of anilines is 5. The molecule has 92 heavy (non-hydrogen) atoms. The van der Waals surface area contributed by atoms with Crippen LogP contribution in [0.4, 0.5) is 28.4 Å². The van der Waals surface area contributed by atoms with Crippen molar-refractivity contribution < 1.29 is 19.1 Å². The van der Waals surface area contributed by atoms with Crippen molar-refractivity contribution in [3.05, 3.63) is 314 Å². The van der Waals surface area contributed by atoms with Crippen LogP contribution >= 0.6 is 0 Å². The van der Waals surface area contributed by atoms with Crippen LogP contribution in [0.15, 0.2) is 231 Å². The van der Waals surface area contributed by atoms with Crippen molar-refractivity contribution in [3.63, 3.8) is 0 Å². The topological polar surface area (TPSA) is 121 Å². The molecule has 0 fully saturated rings. The monoisotopic (exact) mass is 1220 g/mol. The lowest BCUT2D eigenvalue weighted by atomic mass is 9.79. The largest absolute Gasteiger partial charge is 0.442 e. The smallest absolute Gasteiger partial charge is 0.340 e. The molecule has 0 aromatic heterocycles. The van der Waals surface area contributed by atoms with E-state index in [2.05, 4.69) is 275 Å². The Morgan fingerprint density at radius 2 is 0.457 bits per heavy atom. The highest BCUT2D eigenvalue weighted by atomic mass is 16.6. The van der Waals surface area contributed by atoms with E-state index < -0.39 is 23.1 Å². The minimum atomic E-state index is -1.61. The molecule has 0 spiro atoms. The lowest BCUT2D eigenvalue weighted by Crippen LogP contribution is -2.23. The van der Waals surface area contributed by atoms with Gasteiger partial charge in [-0.05, 0) is 199 Å². The third-order valence-corrected chi connectivity index (χ3v) is 17.0. The van der Waals surface area contributed by atoms with Crippen molar-refractivity contribution in [1.29, 1.82) is 0 Å². The van der Waals surface area contributed by atoms with Gasteiger partial charge in [-0.1, -0.05) is 150 Å². The summed E-state index contributed by atoms with van der Waals surface area (Å²) >= 11 is 0. The van der Waals surface area contributed by atoms with Gasteiger partial charge in [-0.3, -0.25) is 0 Å². The fourth-order valence-corrected chi connectivity index (χ4v) is 11.7. The summed E-state index contributed by atoms with van der Waals surface area (Å²) in [5.74, 6) is -1.08. The highest BCUT2D eigenvalue weighted by Crippen LogP contribution is 2.51. The number of carbonyl (C=O) groups is 2. The zero-order valence-corrected chi connectivity index (χ0v) is 56.0. The molecule has 470 valence electrons. The molecule has 9 aromatic carbocycles. The van der Waals surface area contributed by atoms with Gasteiger partial charge >= 0.3 is 11.9 Å². The number of ether oxygens (including phenoxy) is 2. The normalized spacial score (nSPS) is 15.2. The number of aryl methyl sites for hydroxylation is 3. The van der Waals surface area contributed by atoms with Crippen LogP contribution in [0.2, 0.25) is 0 Å². The summed E-state index contributed by atoms with van der Waals surface area (Å²) in [5.41, 5.74) is 26.6. The number of fused-ring (bicyclic) bond motifs is 2. The average molecular weight is 1220 g/mol. The van der Waals surface area contributed by atoms with Crippen LogP contribution in [0.3, 0.4) is 0 Å². The summed E-state index contributed by atoms with van der Waals surface area (Å²) in [6.07, 6.45) is 8.31. The first kappa shape index (κ1) is 66.2. The molecule has 11 rings (SSSR count). The summed E-state index contributed by atoms with van der Waals surface area (Å²) in [4.78, 5) is 41.9. The molecular formula is C81H87N7O4. The molecule has 11 heteroatoms. The van der Waals surface area contributed by atoms with Gasteiger partial charge in [-0.15, -0.1) is 0 Å². The summed E-state index contributed by atoms with van der Waals surface area (Å²) in [6, 6.07) is 71.2. The van der Waals surface area contributed by atoms with Crippen LogP contribution in [0.5, 0.6) is 0 Å². The van der Waals surface area contributed by atoms with Gasteiger partial charge in [0, 0.05) is 110 Å². The van der Waals surface area contributed by atoms with Crippen molar-refractivity contribution in [2.75, 3.05) is 109 Å². The third kappa shape index (κ3) is 14.0. The molecule has 11 nitrogen and oxygen atoms in total. The first-order valence-electron chi connectivity index (χ1n) is 31.0. The minimum absolute atomic E-state index is 0.312. The minimum Gasteiger partial charge on any atom is -0.442 e. The van der Waals surface area contributed by atoms with Gasteiger partial charge in [0.05, 0.1) is 11.1 Å². The van der Waals surface area contributed by atoms with Crippen LogP contribution in [-0.4, -0.2) is 96.5 Å². The van der Waals surface area contributed by atoms with Gasteiger partial charge in [-0.2, -0.15) is 0 Å².